The van der Waals surface area contributed by atoms with Crippen LogP contribution in [-0.4, -0.2) is 32.5 Å². The molecule has 5 nitrogen and oxygen atoms in total. The summed E-state index contributed by atoms with van der Waals surface area (Å²) in [6.07, 6.45) is 6.88. The first-order valence-electron chi connectivity index (χ1n) is 7.08. The molecule has 3 rings (SSSR count). The minimum atomic E-state index is -0.244. The number of aromatic nitrogens is 3. The van der Waals surface area contributed by atoms with Crippen molar-refractivity contribution in [3.05, 3.63) is 11.6 Å². The van der Waals surface area contributed by atoms with Gasteiger partial charge in [-0.2, -0.15) is 5.10 Å². The zero-order chi connectivity index (χ0) is 12.5. The highest BCUT2D eigenvalue weighted by Gasteiger charge is 2.30. The second-order valence-corrected chi connectivity index (χ2v) is 5.60. The lowest BCUT2D eigenvalue weighted by Crippen LogP contribution is -2.23. The summed E-state index contributed by atoms with van der Waals surface area (Å²) in [5.41, 5.74) is 0. The molecule has 0 amide bonds. The molecule has 5 heteroatoms. The Labute approximate surface area is 108 Å². The molecule has 1 aliphatic heterocycles. The highest BCUT2D eigenvalue weighted by molar-refractivity contribution is 5.04. The number of hydrogen-bond donors (Lipinski definition) is 2. The highest BCUT2D eigenvalue weighted by Crippen LogP contribution is 2.31. The number of aryl methyl sites for hydroxylation is 1. The first-order valence-corrected chi connectivity index (χ1v) is 7.08. The van der Waals surface area contributed by atoms with Gasteiger partial charge in [0.05, 0.1) is 18.2 Å². The minimum Gasteiger partial charge on any atom is -0.392 e. The summed E-state index contributed by atoms with van der Waals surface area (Å²) < 4.78 is 2.13. The van der Waals surface area contributed by atoms with Crippen molar-refractivity contribution in [3.8, 4) is 0 Å². The smallest absolute Gasteiger partial charge is 0.147 e. The van der Waals surface area contributed by atoms with Crippen LogP contribution in [0.4, 0.5) is 0 Å². The second-order valence-electron chi connectivity index (χ2n) is 5.60. The van der Waals surface area contributed by atoms with Crippen LogP contribution in [0.2, 0.25) is 0 Å². The van der Waals surface area contributed by atoms with E-state index in [-0.39, 0.29) is 12.1 Å². The quantitative estimate of drug-likeness (QED) is 0.834. The number of nitrogens with one attached hydrogen (secondary N) is 1. The summed E-state index contributed by atoms with van der Waals surface area (Å²) in [5, 5.41) is 17.6. The van der Waals surface area contributed by atoms with Crippen LogP contribution in [-0.2, 0) is 0 Å². The van der Waals surface area contributed by atoms with Crippen LogP contribution in [0.25, 0.3) is 0 Å². The zero-order valence-electron chi connectivity index (χ0n) is 11.0. The molecule has 0 radical (unpaired) electrons. The summed E-state index contributed by atoms with van der Waals surface area (Å²) in [4.78, 5) is 4.58. The van der Waals surface area contributed by atoms with Gasteiger partial charge in [-0.3, -0.25) is 0 Å². The molecular formula is C13H22N4O. The first kappa shape index (κ1) is 12.1. The average molecular weight is 250 g/mol. The lowest BCUT2D eigenvalue weighted by atomic mass is 9.95. The van der Waals surface area contributed by atoms with Crippen LogP contribution >= 0.6 is 0 Å². The van der Waals surface area contributed by atoms with Crippen molar-refractivity contribution in [1.29, 1.82) is 0 Å². The van der Waals surface area contributed by atoms with Gasteiger partial charge in [-0.1, -0.05) is 19.3 Å². The first-order chi connectivity index (χ1) is 8.74. The van der Waals surface area contributed by atoms with E-state index < -0.39 is 0 Å². The molecule has 0 bridgehead atoms. The van der Waals surface area contributed by atoms with Gasteiger partial charge in [-0.25, -0.2) is 9.67 Å². The van der Waals surface area contributed by atoms with Gasteiger partial charge in [-0.15, -0.1) is 0 Å². The topological polar surface area (TPSA) is 63.0 Å². The monoisotopic (exact) mass is 250 g/mol. The highest BCUT2D eigenvalue weighted by atomic mass is 16.3. The summed E-state index contributed by atoms with van der Waals surface area (Å²) in [6.45, 7) is 2.62. The van der Waals surface area contributed by atoms with Gasteiger partial charge in [0.15, 0.2) is 0 Å². The Balaban J connectivity index is 1.84. The molecule has 0 aromatic carbocycles. The van der Waals surface area contributed by atoms with Gasteiger partial charge < -0.3 is 10.4 Å². The number of aliphatic hydroxyl groups is 1. The molecule has 1 saturated carbocycles. The predicted molar refractivity (Wildman–Crippen MR) is 68.2 cm³/mol. The fraction of sp³-hybridized carbons (Fsp3) is 0.846. The number of aliphatic hydroxyl groups excluding tert-OH is 1. The molecule has 18 heavy (non-hydrogen) atoms. The standard InChI is InChI=1S/C13H22N4O/c1-9-15-13(12-7-11(18)8-14-12)17(16-9)10-5-3-2-4-6-10/h10-12,14,18H,2-8H2,1H3/t11-,12+/m1/s1. The SMILES string of the molecule is Cc1nc([C@@H]2C[C@@H](O)CN2)n(C2CCCCC2)n1. The Morgan fingerprint density at radius 2 is 2.06 bits per heavy atom. The Bertz CT molecular complexity index is 389. The summed E-state index contributed by atoms with van der Waals surface area (Å²) in [7, 11) is 0. The van der Waals surface area contributed by atoms with E-state index in [1.54, 1.807) is 0 Å². The third kappa shape index (κ3) is 2.29. The predicted octanol–water partition coefficient (Wildman–Crippen LogP) is 1.49. The van der Waals surface area contributed by atoms with E-state index in [0.717, 1.165) is 18.1 Å². The van der Waals surface area contributed by atoms with Gasteiger partial charge >= 0.3 is 0 Å². The fourth-order valence-electron chi connectivity index (χ4n) is 3.19. The third-order valence-electron chi connectivity index (χ3n) is 4.10. The van der Waals surface area contributed by atoms with Crippen molar-refractivity contribution in [2.75, 3.05) is 6.54 Å². The van der Waals surface area contributed by atoms with Crippen LogP contribution < -0.4 is 5.32 Å². The van der Waals surface area contributed by atoms with Gasteiger partial charge in [0.2, 0.25) is 0 Å². The maximum Gasteiger partial charge on any atom is 0.147 e. The fourth-order valence-corrected chi connectivity index (χ4v) is 3.19. The maximum atomic E-state index is 9.65. The number of nitrogens with zero attached hydrogens (tertiary/aromatic N) is 3. The van der Waals surface area contributed by atoms with E-state index in [0.29, 0.717) is 12.6 Å². The summed E-state index contributed by atoms with van der Waals surface area (Å²) in [5.74, 6) is 1.87. The summed E-state index contributed by atoms with van der Waals surface area (Å²) >= 11 is 0. The molecule has 0 unspecified atom stereocenters. The Morgan fingerprint density at radius 3 is 2.72 bits per heavy atom. The van der Waals surface area contributed by atoms with Crippen LogP contribution in [0, 0.1) is 6.92 Å². The van der Waals surface area contributed by atoms with Crippen molar-refractivity contribution in [3.63, 3.8) is 0 Å². The zero-order valence-corrected chi connectivity index (χ0v) is 11.0. The van der Waals surface area contributed by atoms with Crippen molar-refractivity contribution in [1.82, 2.24) is 20.1 Å². The maximum absolute atomic E-state index is 9.65. The van der Waals surface area contributed by atoms with E-state index in [9.17, 15) is 5.11 Å². The van der Waals surface area contributed by atoms with Crippen LogP contribution in [0.1, 0.15) is 62.3 Å². The average Bonchev–Trinajstić information content (AvgIpc) is 2.96. The molecule has 2 atom stereocenters. The molecule has 0 spiro atoms. The van der Waals surface area contributed by atoms with Gasteiger partial charge in [0.1, 0.15) is 11.6 Å². The van der Waals surface area contributed by atoms with E-state index in [1.165, 1.54) is 32.1 Å². The van der Waals surface area contributed by atoms with Gasteiger partial charge in [0.25, 0.3) is 0 Å². The Hall–Kier alpha value is -0.940. The van der Waals surface area contributed by atoms with Crippen molar-refractivity contribution >= 4 is 0 Å². The molecule has 2 heterocycles. The molecule has 1 saturated heterocycles. The van der Waals surface area contributed by atoms with Crippen LogP contribution in [0.5, 0.6) is 0 Å². The Morgan fingerprint density at radius 1 is 1.28 bits per heavy atom. The lowest BCUT2D eigenvalue weighted by molar-refractivity contribution is 0.192. The normalized spacial score (nSPS) is 29.9. The van der Waals surface area contributed by atoms with Crippen molar-refractivity contribution in [2.24, 2.45) is 0 Å². The van der Waals surface area contributed by atoms with Crippen molar-refractivity contribution in [2.45, 2.75) is 63.6 Å². The molecule has 1 aromatic heterocycles. The van der Waals surface area contributed by atoms with E-state index >= 15 is 0 Å². The van der Waals surface area contributed by atoms with Gasteiger partial charge in [-0.05, 0) is 26.2 Å². The van der Waals surface area contributed by atoms with Gasteiger partial charge in [0, 0.05) is 6.54 Å². The molecule has 2 aliphatic rings. The van der Waals surface area contributed by atoms with E-state index in [1.807, 2.05) is 6.92 Å². The number of β-amino-alcohol motifs (C(OH)–C–C–N with tert-alkyl or cyclic N) is 1. The number of rotatable bonds is 2. The molecular weight excluding hydrogens is 228 g/mol. The Kier molecular flexibility index (Phi) is 3.35. The second kappa shape index (κ2) is 4.97. The molecule has 2 fully saturated rings. The largest absolute Gasteiger partial charge is 0.392 e. The van der Waals surface area contributed by atoms with Crippen molar-refractivity contribution < 1.29 is 5.11 Å². The molecule has 100 valence electrons. The number of hydrogen-bond acceptors (Lipinski definition) is 4. The molecule has 1 aliphatic carbocycles. The van der Waals surface area contributed by atoms with Crippen LogP contribution in [0.3, 0.4) is 0 Å². The van der Waals surface area contributed by atoms with E-state index in [4.69, 9.17) is 0 Å². The third-order valence-corrected chi connectivity index (χ3v) is 4.10. The summed E-state index contributed by atoms with van der Waals surface area (Å²) in [6, 6.07) is 0.678. The minimum absolute atomic E-state index is 0.170. The molecule has 1 aromatic rings. The molecule has 2 N–H and O–H groups in total. The lowest BCUT2D eigenvalue weighted by Gasteiger charge is -2.24. The van der Waals surface area contributed by atoms with Crippen LogP contribution in [0.15, 0.2) is 0 Å². The van der Waals surface area contributed by atoms with E-state index in [2.05, 4.69) is 20.1 Å².